The van der Waals surface area contributed by atoms with Gasteiger partial charge in [0, 0.05) is 0 Å². The first kappa shape index (κ1) is 26.1. The molecule has 0 aliphatic rings. The fraction of sp³-hybridized carbons (Fsp3) is 0.833. The lowest BCUT2D eigenvalue weighted by Gasteiger charge is -2.22. The molecule has 0 aromatic rings. The van der Waals surface area contributed by atoms with Crippen molar-refractivity contribution in [1.29, 1.82) is 0 Å². The molecule has 0 amide bonds. The number of carbonyl (C=O) groups is 2. The molecule has 7 atom stereocenters. The van der Waals surface area contributed by atoms with Crippen molar-refractivity contribution in [2.24, 2.45) is 0 Å². The van der Waals surface area contributed by atoms with Crippen LogP contribution >= 0.6 is 0 Å². The van der Waals surface area contributed by atoms with E-state index in [9.17, 15) is 9.59 Å². The standard InChI is InChI=1S/C6H12O7.C6H12O6/c7-1-3(8)5(10)6(11)4(9)2-13-12;7-1-3(9)5(11)6(12)4(10)2-8/h3,5-8,10-12H,1-2H2;1,3-6,8-12H,2H2/t3-,5-,6-;3-,4+,5+,6+/m10/s1. The first-order valence-corrected chi connectivity index (χ1v) is 6.81. The van der Waals surface area contributed by atoms with Crippen molar-refractivity contribution >= 4 is 12.1 Å². The van der Waals surface area contributed by atoms with Crippen LogP contribution in [0, 0.1) is 0 Å². The second-order valence-electron chi connectivity index (χ2n) is 4.78. The Morgan fingerprint density at radius 2 is 1.28 bits per heavy atom. The summed E-state index contributed by atoms with van der Waals surface area (Å²) in [6, 6.07) is 0. The van der Waals surface area contributed by atoms with Gasteiger partial charge in [-0.1, -0.05) is 0 Å². The van der Waals surface area contributed by atoms with Crippen LogP contribution < -0.4 is 0 Å². The van der Waals surface area contributed by atoms with E-state index in [0.29, 0.717) is 0 Å². The van der Waals surface area contributed by atoms with Crippen LogP contribution in [0.2, 0.25) is 0 Å². The summed E-state index contributed by atoms with van der Waals surface area (Å²) < 4.78 is 0. The van der Waals surface area contributed by atoms with E-state index < -0.39 is 68.3 Å². The van der Waals surface area contributed by atoms with E-state index in [1.165, 1.54) is 0 Å². The normalized spacial score (nSPS) is 19.4. The van der Waals surface area contributed by atoms with Gasteiger partial charge in [-0.05, 0) is 0 Å². The zero-order chi connectivity index (χ0) is 20.2. The SMILES string of the molecule is O=C(COO)[C@@H](O)[C@H](O)[C@H](O)CO.O=C[C@H](O)[C@@H](O)[C@H](O)[C@H](O)CO. The molecule has 13 nitrogen and oxygen atoms in total. The highest BCUT2D eigenvalue weighted by Crippen LogP contribution is 2.03. The Kier molecular flexibility index (Phi) is 14.7. The Hall–Kier alpha value is -1.10. The predicted molar refractivity (Wildman–Crippen MR) is 75.9 cm³/mol. The minimum Gasteiger partial charge on any atom is -0.394 e. The van der Waals surface area contributed by atoms with Crippen LogP contribution in [0.1, 0.15) is 0 Å². The highest BCUT2D eigenvalue weighted by molar-refractivity contribution is 5.84. The average Bonchev–Trinajstić information content (AvgIpc) is 2.63. The van der Waals surface area contributed by atoms with E-state index in [4.69, 9.17) is 51.2 Å². The van der Waals surface area contributed by atoms with Crippen molar-refractivity contribution in [2.45, 2.75) is 42.7 Å². The lowest BCUT2D eigenvalue weighted by molar-refractivity contribution is -0.241. The van der Waals surface area contributed by atoms with Gasteiger partial charge in [0.05, 0.1) is 13.2 Å². The largest absolute Gasteiger partial charge is 0.394 e. The number of aliphatic hydroxyl groups is 9. The van der Waals surface area contributed by atoms with Crippen LogP contribution in [0.25, 0.3) is 0 Å². The molecule has 25 heavy (non-hydrogen) atoms. The molecule has 0 radical (unpaired) electrons. The van der Waals surface area contributed by atoms with Crippen LogP contribution in [0.3, 0.4) is 0 Å². The lowest BCUT2D eigenvalue weighted by Crippen LogP contribution is -2.46. The molecule has 0 unspecified atom stereocenters. The molecule has 0 spiro atoms. The quantitative estimate of drug-likeness (QED) is 0.0916. The highest BCUT2D eigenvalue weighted by atomic mass is 17.1. The van der Waals surface area contributed by atoms with Crippen LogP contribution in [0.4, 0.5) is 0 Å². The molecule has 0 aliphatic heterocycles. The number of aldehydes is 1. The van der Waals surface area contributed by atoms with Gasteiger partial charge in [0.25, 0.3) is 0 Å². The lowest BCUT2D eigenvalue weighted by atomic mass is 10.0. The summed E-state index contributed by atoms with van der Waals surface area (Å²) in [7, 11) is 0. The second kappa shape index (κ2) is 14.1. The average molecular weight is 376 g/mol. The van der Waals surface area contributed by atoms with E-state index in [-0.39, 0.29) is 6.29 Å². The smallest absolute Gasteiger partial charge is 0.192 e. The van der Waals surface area contributed by atoms with Crippen molar-refractivity contribution in [1.82, 2.24) is 0 Å². The minimum atomic E-state index is -1.89. The third kappa shape index (κ3) is 9.83. The Bertz CT molecular complexity index is 365. The van der Waals surface area contributed by atoms with Gasteiger partial charge in [-0.2, -0.15) is 0 Å². The molecule has 13 heteroatoms. The minimum absolute atomic E-state index is 0.0258. The summed E-state index contributed by atoms with van der Waals surface area (Å²) in [5.74, 6) is -0.998. The molecular weight excluding hydrogens is 352 g/mol. The van der Waals surface area contributed by atoms with Crippen LogP contribution in [-0.2, 0) is 14.5 Å². The summed E-state index contributed by atoms with van der Waals surface area (Å²) in [6.07, 6.45) is -12.1. The van der Waals surface area contributed by atoms with Gasteiger partial charge in [-0.15, -0.1) is 0 Å². The van der Waals surface area contributed by atoms with Gasteiger partial charge >= 0.3 is 0 Å². The maximum atomic E-state index is 10.7. The van der Waals surface area contributed by atoms with E-state index in [1.807, 2.05) is 0 Å². The van der Waals surface area contributed by atoms with Gasteiger partial charge in [-0.3, -0.25) is 10.1 Å². The van der Waals surface area contributed by atoms with Crippen LogP contribution in [-0.4, -0.2) is 126 Å². The number of rotatable bonds is 11. The molecular formula is C12H24O13. The second-order valence-corrected chi connectivity index (χ2v) is 4.78. The third-order valence-corrected chi connectivity index (χ3v) is 2.86. The zero-order valence-corrected chi connectivity index (χ0v) is 12.9. The van der Waals surface area contributed by atoms with Gasteiger partial charge in [0.15, 0.2) is 12.1 Å². The molecule has 0 aliphatic carbocycles. The number of hydrogen-bond donors (Lipinski definition) is 10. The maximum Gasteiger partial charge on any atom is 0.192 e. The number of hydrogen-bond acceptors (Lipinski definition) is 13. The highest BCUT2D eigenvalue weighted by Gasteiger charge is 2.30. The molecule has 0 saturated carbocycles. The Labute approximate surface area is 141 Å². The fourth-order valence-electron chi connectivity index (χ4n) is 1.28. The van der Waals surface area contributed by atoms with Crippen molar-refractivity contribution in [3.63, 3.8) is 0 Å². The van der Waals surface area contributed by atoms with Crippen LogP contribution in [0.5, 0.6) is 0 Å². The Balaban J connectivity index is 0. The summed E-state index contributed by atoms with van der Waals surface area (Å²) in [5.41, 5.74) is 0. The topological polar surface area (TPSA) is 246 Å². The predicted octanol–water partition coefficient (Wildman–Crippen LogP) is -6.26. The maximum absolute atomic E-state index is 10.7. The number of Topliss-reactive ketones (excluding diaryl/α,β-unsaturated/α-hetero) is 1. The molecule has 0 heterocycles. The first-order chi connectivity index (χ1) is 11.6. The molecule has 0 saturated heterocycles. The van der Waals surface area contributed by atoms with Crippen molar-refractivity contribution < 1.29 is 65.7 Å². The summed E-state index contributed by atoms with van der Waals surface area (Å²) in [5, 5.41) is 86.4. The third-order valence-electron chi connectivity index (χ3n) is 2.86. The van der Waals surface area contributed by atoms with E-state index in [1.54, 1.807) is 0 Å². The van der Waals surface area contributed by atoms with Crippen molar-refractivity contribution in [2.75, 3.05) is 19.8 Å². The van der Waals surface area contributed by atoms with E-state index in [0.717, 1.165) is 0 Å². The first-order valence-electron chi connectivity index (χ1n) is 6.81. The summed E-state index contributed by atoms with van der Waals surface area (Å²) in [6.45, 7) is -2.34. The zero-order valence-electron chi connectivity index (χ0n) is 12.9. The molecule has 0 bridgehead atoms. The Morgan fingerprint density at radius 1 is 0.840 bits per heavy atom. The van der Waals surface area contributed by atoms with E-state index >= 15 is 0 Å². The van der Waals surface area contributed by atoms with Gasteiger partial charge < -0.3 is 50.8 Å². The number of carbonyl (C=O) groups excluding carboxylic acids is 2. The molecule has 150 valence electrons. The molecule has 0 rings (SSSR count). The van der Waals surface area contributed by atoms with Crippen molar-refractivity contribution in [3.8, 4) is 0 Å². The monoisotopic (exact) mass is 376 g/mol. The van der Waals surface area contributed by atoms with E-state index in [2.05, 4.69) is 4.89 Å². The number of ketones is 1. The van der Waals surface area contributed by atoms with Gasteiger partial charge in [0.2, 0.25) is 0 Å². The molecule has 0 aromatic heterocycles. The molecule has 0 fully saturated rings. The Morgan fingerprint density at radius 3 is 1.64 bits per heavy atom. The fourth-order valence-corrected chi connectivity index (χ4v) is 1.28. The molecule has 0 aromatic carbocycles. The van der Waals surface area contributed by atoms with Crippen LogP contribution in [0.15, 0.2) is 0 Å². The van der Waals surface area contributed by atoms with Gasteiger partial charge in [0.1, 0.15) is 49.3 Å². The molecule has 10 N–H and O–H groups in total. The van der Waals surface area contributed by atoms with Gasteiger partial charge in [-0.25, -0.2) is 4.89 Å². The van der Waals surface area contributed by atoms with Crippen molar-refractivity contribution in [3.05, 3.63) is 0 Å². The summed E-state index contributed by atoms with van der Waals surface area (Å²) >= 11 is 0. The number of aliphatic hydroxyl groups excluding tert-OH is 9. The summed E-state index contributed by atoms with van der Waals surface area (Å²) in [4.78, 5) is 24.0.